The molecule has 0 heterocycles. The summed E-state index contributed by atoms with van der Waals surface area (Å²) in [6.45, 7) is 1.70. The molecule has 0 spiro atoms. The summed E-state index contributed by atoms with van der Waals surface area (Å²) in [5, 5.41) is 0. The van der Waals surface area contributed by atoms with Gasteiger partial charge < -0.3 is 10.6 Å². The highest BCUT2D eigenvalue weighted by molar-refractivity contribution is 5.77. The first-order valence-corrected chi connectivity index (χ1v) is 5.70. The molecule has 0 saturated carbocycles. The van der Waals surface area contributed by atoms with E-state index in [1.807, 2.05) is 30.1 Å². The maximum atomic E-state index is 11.6. The van der Waals surface area contributed by atoms with E-state index in [-0.39, 0.29) is 5.91 Å². The van der Waals surface area contributed by atoms with Crippen molar-refractivity contribution in [3.05, 3.63) is 35.4 Å². The highest BCUT2D eigenvalue weighted by Gasteiger charge is 2.10. The van der Waals surface area contributed by atoms with Crippen LogP contribution in [0.25, 0.3) is 0 Å². The molecule has 0 unspecified atom stereocenters. The number of nitrogens with two attached hydrogens (primary N) is 1. The molecule has 0 aliphatic carbocycles. The lowest BCUT2D eigenvalue weighted by atomic mass is 10.1. The largest absolute Gasteiger partial charge is 0.348 e. The van der Waals surface area contributed by atoms with Gasteiger partial charge in [0.2, 0.25) is 5.91 Å². The van der Waals surface area contributed by atoms with E-state index in [0.717, 1.165) is 12.1 Å². The van der Waals surface area contributed by atoms with Crippen LogP contribution in [-0.2, 0) is 17.9 Å². The van der Waals surface area contributed by atoms with E-state index >= 15 is 0 Å². The minimum Gasteiger partial charge on any atom is -0.348 e. The molecule has 0 aliphatic heterocycles. The molecule has 4 nitrogen and oxygen atoms in total. The van der Waals surface area contributed by atoms with Gasteiger partial charge in [-0.15, -0.1) is 0 Å². The highest BCUT2D eigenvalue weighted by atomic mass is 16.2. The zero-order chi connectivity index (χ0) is 12.8. The smallest absolute Gasteiger partial charge is 0.236 e. The number of rotatable bonds is 5. The SMILES string of the molecule is CN(CC(=O)N(C)C)Cc1ccccc1CN. The van der Waals surface area contributed by atoms with Gasteiger partial charge in [0.1, 0.15) is 0 Å². The van der Waals surface area contributed by atoms with E-state index in [0.29, 0.717) is 13.1 Å². The Hall–Kier alpha value is -1.39. The van der Waals surface area contributed by atoms with Crippen LogP contribution in [0.4, 0.5) is 0 Å². The van der Waals surface area contributed by atoms with Crippen LogP contribution in [0.15, 0.2) is 24.3 Å². The second-order valence-electron chi connectivity index (χ2n) is 4.43. The van der Waals surface area contributed by atoms with E-state index in [4.69, 9.17) is 5.73 Å². The Morgan fingerprint density at radius 3 is 2.29 bits per heavy atom. The highest BCUT2D eigenvalue weighted by Crippen LogP contribution is 2.10. The zero-order valence-electron chi connectivity index (χ0n) is 10.8. The normalized spacial score (nSPS) is 10.6. The summed E-state index contributed by atoms with van der Waals surface area (Å²) in [5.41, 5.74) is 8.00. The second-order valence-corrected chi connectivity index (χ2v) is 4.43. The Balaban J connectivity index is 2.61. The van der Waals surface area contributed by atoms with Gasteiger partial charge in [-0.05, 0) is 18.2 Å². The number of hydrogen-bond donors (Lipinski definition) is 1. The van der Waals surface area contributed by atoms with Gasteiger partial charge in [-0.1, -0.05) is 24.3 Å². The van der Waals surface area contributed by atoms with Gasteiger partial charge in [0.15, 0.2) is 0 Å². The second kappa shape index (κ2) is 6.37. The molecule has 1 amide bonds. The molecule has 0 saturated heterocycles. The number of carbonyl (C=O) groups is 1. The quantitative estimate of drug-likeness (QED) is 0.816. The maximum absolute atomic E-state index is 11.6. The summed E-state index contributed by atoms with van der Waals surface area (Å²) >= 11 is 0. The van der Waals surface area contributed by atoms with Gasteiger partial charge in [0, 0.05) is 27.2 Å². The van der Waals surface area contributed by atoms with Crippen molar-refractivity contribution in [2.75, 3.05) is 27.7 Å². The molecule has 0 fully saturated rings. The van der Waals surface area contributed by atoms with Gasteiger partial charge in [0.25, 0.3) is 0 Å². The van der Waals surface area contributed by atoms with Crippen LogP contribution in [0.3, 0.4) is 0 Å². The first-order chi connectivity index (χ1) is 8.04. The number of nitrogens with zero attached hydrogens (tertiary/aromatic N) is 2. The Bertz CT molecular complexity index is 377. The number of amides is 1. The molecule has 17 heavy (non-hydrogen) atoms. The third kappa shape index (κ3) is 4.17. The standard InChI is InChI=1S/C13H21N3O/c1-15(2)13(17)10-16(3)9-12-7-5-4-6-11(12)8-14/h4-7H,8-10,14H2,1-3H3. The summed E-state index contributed by atoms with van der Waals surface area (Å²) in [6.07, 6.45) is 0. The summed E-state index contributed by atoms with van der Waals surface area (Å²) in [5.74, 6) is 0.109. The average Bonchev–Trinajstić information content (AvgIpc) is 2.29. The molecule has 1 aromatic carbocycles. The van der Waals surface area contributed by atoms with E-state index < -0.39 is 0 Å². The van der Waals surface area contributed by atoms with Crippen molar-refractivity contribution < 1.29 is 4.79 Å². The van der Waals surface area contributed by atoms with Gasteiger partial charge in [-0.3, -0.25) is 9.69 Å². The number of hydrogen-bond acceptors (Lipinski definition) is 3. The Morgan fingerprint density at radius 1 is 1.18 bits per heavy atom. The van der Waals surface area contributed by atoms with Crippen LogP contribution in [-0.4, -0.2) is 43.4 Å². The lowest BCUT2D eigenvalue weighted by Gasteiger charge is -2.20. The Morgan fingerprint density at radius 2 is 1.76 bits per heavy atom. The summed E-state index contributed by atoms with van der Waals surface area (Å²) in [7, 11) is 5.47. The minimum absolute atomic E-state index is 0.109. The van der Waals surface area contributed by atoms with Crippen molar-refractivity contribution >= 4 is 5.91 Å². The van der Waals surface area contributed by atoms with Gasteiger partial charge in [-0.2, -0.15) is 0 Å². The minimum atomic E-state index is 0.109. The third-order valence-corrected chi connectivity index (χ3v) is 2.68. The topological polar surface area (TPSA) is 49.6 Å². The van der Waals surface area contributed by atoms with Crippen LogP contribution in [0.1, 0.15) is 11.1 Å². The van der Waals surface area contributed by atoms with Gasteiger partial charge >= 0.3 is 0 Å². The molecule has 1 aromatic rings. The molecule has 0 aliphatic rings. The number of carbonyl (C=O) groups excluding carboxylic acids is 1. The van der Waals surface area contributed by atoms with Crippen LogP contribution >= 0.6 is 0 Å². The Kier molecular flexibility index (Phi) is 5.12. The molecule has 1 rings (SSSR count). The van der Waals surface area contributed by atoms with Crippen molar-refractivity contribution in [2.24, 2.45) is 5.73 Å². The zero-order valence-corrected chi connectivity index (χ0v) is 10.8. The van der Waals surface area contributed by atoms with E-state index in [1.54, 1.807) is 19.0 Å². The fourth-order valence-electron chi connectivity index (χ4n) is 1.63. The molecule has 0 radical (unpaired) electrons. The van der Waals surface area contributed by atoms with Crippen LogP contribution in [0.2, 0.25) is 0 Å². The fraction of sp³-hybridized carbons (Fsp3) is 0.462. The molecular weight excluding hydrogens is 214 g/mol. The maximum Gasteiger partial charge on any atom is 0.236 e. The van der Waals surface area contributed by atoms with Crippen molar-refractivity contribution in [1.82, 2.24) is 9.80 Å². The Labute approximate surface area is 103 Å². The summed E-state index contributed by atoms with van der Waals surface area (Å²) in [4.78, 5) is 15.2. The molecule has 0 bridgehead atoms. The third-order valence-electron chi connectivity index (χ3n) is 2.68. The number of benzene rings is 1. The fourth-order valence-corrected chi connectivity index (χ4v) is 1.63. The lowest BCUT2D eigenvalue weighted by Crippen LogP contribution is -2.34. The molecule has 94 valence electrons. The summed E-state index contributed by atoms with van der Waals surface area (Å²) in [6, 6.07) is 8.06. The van der Waals surface area contributed by atoms with Gasteiger partial charge in [0.05, 0.1) is 6.54 Å². The van der Waals surface area contributed by atoms with Crippen molar-refractivity contribution in [3.63, 3.8) is 0 Å². The molecular formula is C13H21N3O. The first kappa shape index (κ1) is 13.7. The van der Waals surface area contributed by atoms with Crippen molar-refractivity contribution in [2.45, 2.75) is 13.1 Å². The molecule has 0 aromatic heterocycles. The van der Waals surface area contributed by atoms with E-state index in [1.165, 1.54) is 5.56 Å². The van der Waals surface area contributed by atoms with Crippen LogP contribution in [0, 0.1) is 0 Å². The van der Waals surface area contributed by atoms with Crippen LogP contribution < -0.4 is 5.73 Å². The van der Waals surface area contributed by atoms with Crippen molar-refractivity contribution in [1.29, 1.82) is 0 Å². The average molecular weight is 235 g/mol. The predicted octanol–water partition coefficient (Wildman–Crippen LogP) is 0.665. The van der Waals surface area contributed by atoms with Gasteiger partial charge in [-0.25, -0.2) is 0 Å². The van der Waals surface area contributed by atoms with E-state index in [2.05, 4.69) is 6.07 Å². The monoisotopic (exact) mass is 235 g/mol. The van der Waals surface area contributed by atoms with Crippen molar-refractivity contribution in [3.8, 4) is 0 Å². The molecule has 0 atom stereocenters. The van der Waals surface area contributed by atoms with E-state index in [9.17, 15) is 4.79 Å². The van der Waals surface area contributed by atoms with Crippen LogP contribution in [0.5, 0.6) is 0 Å². The molecule has 4 heteroatoms. The lowest BCUT2D eigenvalue weighted by molar-refractivity contribution is -0.129. The predicted molar refractivity (Wildman–Crippen MR) is 69.4 cm³/mol. The summed E-state index contributed by atoms with van der Waals surface area (Å²) < 4.78 is 0. The number of likely N-dealkylation sites (N-methyl/N-ethyl adjacent to an activating group) is 2. The molecule has 2 N–H and O–H groups in total. The first-order valence-electron chi connectivity index (χ1n) is 5.70.